The zero-order valence-corrected chi connectivity index (χ0v) is 18.8. The number of aliphatic hydroxyl groups excluding tert-OH is 3. The van der Waals surface area contributed by atoms with E-state index in [9.17, 15) is 30.0 Å². The lowest BCUT2D eigenvalue weighted by Gasteiger charge is -2.48. The van der Waals surface area contributed by atoms with Crippen molar-refractivity contribution in [3.8, 4) is 0 Å². The molecule has 1 heterocycles. The highest BCUT2D eigenvalue weighted by atomic mass is 32.2. The van der Waals surface area contributed by atoms with E-state index in [1.54, 1.807) is 66.7 Å². The van der Waals surface area contributed by atoms with E-state index in [1.165, 1.54) is 24.3 Å². The van der Waals surface area contributed by atoms with Crippen LogP contribution in [-0.2, 0) is 4.74 Å². The Morgan fingerprint density at radius 1 is 0.794 bits per heavy atom. The summed E-state index contributed by atoms with van der Waals surface area (Å²) in [5.74, 6) is -1.70. The van der Waals surface area contributed by atoms with E-state index >= 15 is 0 Å². The number of aliphatic hydroxyl groups is 4. The first-order valence-corrected chi connectivity index (χ1v) is 11.5. The maximum Gasteiger partial charge on any atom is 0.199 e. The molecule has 0 aliphatic carbocycles. The van der Waals surface area contributed by atoms with Crippen molar-refractivity contribution < 1.29 is 34.8 Å². The molecule has 1 saturated heterocycles. The molecule has 0 aromatic heterocycles. The second-order valence-electron chi connectivity index (χ2n) is 7.99. The number of Topliss-reactive ketones (excluding diaryl/α,β-unsaturated/α-hetero) is 2. The Labute approximate surface area is 200 Å². The first-order chi connectivity index (χ1) is 16.3. The van der Waals surface area contributed by atoms with Crippen molar-refractivity contribution in [2.45, 2.75) is 40.3 Å². The minimum Gasteiger partial charge on any atom is -0.387 e. The summed E-state index contributed by atoms with van der Waals surface area (Å²) >= 11 is 1.00. The topological polar surface area (TPSA) is 124 Å². The van der Waals surface area contributed by atoms with Crippen LogP contribution in [0.5, 0.6) is 0 Å². The molecule has 0 spiro atoms. The van der Waals surface area contributed by atoms with E-state index in [2.05, 4.69) is 0 Å². The summed E-state index contributed by atoms with van der Waals surface area (Å²) in [4.78, 5) is 26.9. The van der Waals surface area contributed by atoms with Crippen molar-refractivity contribution >= 4 is 23.3 Å². The highest BCUT2D eigenvalue weighted by Crippen LogP contribution is 2.40. The van der Waals surface area contributed by atoms with Gasteiger partial charge in [0.25, 0.3) is 0 Å². The molecule has 0 saturated carbocycles. The van der Waals surface area contributed by atoms with Crippen LogP contribution in [0, 0.1) is 0 Å². The van der Waals surface area contributed by atoms with Crippen molar-refractivity contribution in [3.05, 3.63) is 102 Å². The second kappa shape index (κ2) is 10.2. The lowest BCUT2D eigenvalue weighted by Crippen LogP contribution is -2.71. The molecule has 6 atom stereocenters. The van der Waals surface area contributed by atoms with Gasteiger partial charge in [-0.05, 0) is 12.1 Å². The number of thioether (sulfide) groups is 1. The van der Waals surface area contributed by atoms with Crippen molar-refractivity contribution in [2.75, 3.05) is 0 Å². The molecule has 3 aromatic rings. The van der Waals surface area contributed by atoms with Crippen LogP contribution in [0.15, 0.2) is 95.9 Å². The molecule has 4 N–H and O–H groups in total. The van der Waals surface area contributed by atoms with Crippen LogP contribution in [-0.4, -0.2) is 67.4 Å². The van der Waals surface area contributed by atoms with Crippen molar-refractivity contribution in [1.82, 2.24) is 0 Å². The number of rotatable bonds is 7. The van der Waals surface area contributed by atoms with Crippen LogP contribution < -0.4 is 0 Å². The minimum atomic E-state index is -2.74. The summed E-state index contributed by atoms with van der Waals surface area (Å²) in [6.45, 7) is 0. The molecule has 176 valence electrons. The highest BCUT2D eigenvalue weighted by Gasteiger charge is 2.61. The lowest BCUT2D eigenvalue weighted by atomic mass is 9.77. The molecular formula is C26H24O7S. The van der Waals surface area contributed by atoms with E-state index in [4.69, 9.17) is 4.74 Å². The number of carbonyl (C=O) groups excluding carboxylic acids is 2. The third kappa shape index (κ3) is 4.56. The molecule has 1 fully saturated rings. The molecule has 0 bridgehead atoms. The fourth-order valence-electron chi connectivity index (χ4n) is 3.92. The summed E-state index contributed by atoms with van der Waals surface area (Å²) in [7, 11) is 0. The maximum atomic E-state index is 13.3. The summed E-state index contributed by atoms with van der Waals surface area (Å²) in [5, 5.41) is 44.5. The number of carbonyl (C=O) groups is 2. The van der Waals surface area contributed by atoms with Crippen LogP contribution in [0.25, 0.3) is 0 Å². The predicted molar refractivity (Wildman–Crippen MR) is 125 cm³/mol. The van der Waals surface area contributed by atoms with Gasteiger partial charge < -0.3 is 25.2 Å². The molecular weight excluding hydrogens is 456 g/mol. The van der Waals surface area contributed by atoms with Gasteiger partial charge in [0, 0.05) is 16.0 Å². The van der Waals surface area contributed by atoms with Crippen molar-refractivity contribution in [1.29, 1.82) is 0 Å². The molecule has 1 aliphatic rings. The third-order valence-electron chi connectivity index (χ3n) is 5.80. The summed E-state index contributed by atoms with van der Waals surface area (Å²) in [5.41, 5.74) is -3.79. The van der Waals surface area contributed by atoms with Gasteiger partial charge in [0.15, 0.2) is 17.2 Å². The van der Waals surface area contributed by atoms with Crippen LogP contribution in [0.4, 0.5) is 0 Å². The number of ether oxygens (including phenoxy) is 1. The van der Waals surface area contributed by atoms with Crippen molar-refractivity contribution in [3.63, 3.8) is 0 Å². The van der Waals surface area contributed by atoms with E-state index in [0.717, 1.165) is 11.8 Å². The SMILES string of the molecule is O=C(c1ccccc1)C(O)[C@H]1O[C@@H](Sc2ccccc2)[C@H](O)[C@](O)(C(=O)c2ccccc2)[C@H]1O. The maximum absolute atomic E-state index is 13.3. The quantitative estimate of drug-likeness (QED) is 0.379. The fraction of sp³-hybridized carbons (Fsp3) is 0.231. The average molecular weight is 481 g/mol. The Kier molecular flexibility index (Phi) is 7.27. The summed E-state index contributed by atoms with van der Waals surface area (Å²) in [6.07, 6.45) is -7.55. The van der Waals surface area contributed by atoms with Gasteiger partial charge in [0.1, 0.15) is 29.9 Å². The van der Waals surface area contributed by atoms with Gasteiger partial charge in [-0.3, -0.25) is 9.59 Å². The van der Waals surface area contributed by atoms with E-state index in [-0.39, 0.29) is 11.1 Å². The third-order valence-corrected chi connectivity index (χ3v) is 6.94. The Morgan fingerprint density at radius 2 is 1.29 bits per heavy atom. The van der Waals surface area contributed by atoms with Gasteiger partial charge in [0.05, 0.1) is 0 Å². The molecule has 1 aliphatic heterocycles. The molecule has 34 heavy (non-hydrogen) atoms. The van der Waals surface area contributed by atoms with Gasteiger partial charge in [0.2, 0.25) is 0 Å². The van der Waals surface area contributed by atoms with Crippen molar-refractivity contribution in [2.24, 2.45) is 0 Å². The Bertz CT molecular complexity index is 1130. The molecule has 7 nitrogen and oxygen atoms in total. The number of benzene rings is 3. The number of hydrogen-bond donors (Lipinski definition) is 4. The van der Waals surface area contributed by atoms with Crippen LogP contribution in [0.1, 0.15) is 20.7 Å². The average Bonchev–Trinajstić information content (AvgIpc) is 2.89. The van der Waals surface area contributed by atoms with Gasteiger partial charge in [-0.2, -0.15) is 0 Å². The predicted octanol–water partition coefficient (Wildman–Crippen LogP) is 2.08. The largest absolute Gasteiger partial charge is 0.387 e. The Balaban J connectivity index is 1.72. The smallest absolute Gasteiger partial charge is 0.199 e. The number of ketones is 2. The molecule has 0 radical (unpaired) electrons. The Hall–Kier alpha value is -2.85. The van der Waals surface area contributed by atoms with E-state index in [0.29, 0.717) is 4.90 Å². The lowest BCUT2D eigenvalue weighted by molar-refractivity contribution is -0.242. The zero-order chi connectivity index (χ0) is 24.3. The fourth-order valence-corrected chi connectivity index (χ4v) is 5.02. The van der Waals surface area contributed by atoms with Gasteiger partial charge >= 0.3 is 0 Å². The first-order valence-electron chi connectivity index (χ1n) is 10.7. The highest BCUT2D eigenvalue weighted by molar-refractivity contribution is 7.99. The van der Waals surface area contributed by atoms with Gasteiger partial charge in [-0.1, -0.05) is 90.6 Å². The standard InChI is InChI=1S/C26H24O7S/c27-19(16-10-4-1-5-11-16)20(28)21-23(30)26(32,22(29)17-12-6-2-7-13-17)24(31)25(33-21)34-18-14-8-3-9-15-18/h1-15,20-21,23-25,28,30-32H/t20?,21-,23+,24+,25+,26+/m1/s1. The van der Waals surface area contributed by atoms with E-state index in [1.807, 2.05) is 0 Å². The molecule has 1 unspecified atom stereocenters. The summed E-state index contributed by atoms with van der Waals surface area (Å²) in [6, 6.07) is 24.4. The zero-order valence-electron chi connectivity index (χ0n) is 18.0. The van der Waals surface area contributed by atoms with E-state index < -0.39 is 47.0 Å². The van der Waals surface area contributed by atoms with Crippen LogP contribution >= 0.6 is 11.8 Å². The van der Waals surface area contributed by atoms with Gasteiger partial charge in [-0.25, -0.2) is 0 Å². The molecule has 4 rings (SSSR count). The van der Waals surface area contributed by atoms with Gasteiger partial charge in [-0.15, -0.1) is 0 Å². The van der Waals surface area contributed by atoms with Crippen LogP contribution in [0.3, 0.4) is 0 Å². The summed E-state index contributed by atoms with van der Waals surface area (Å²) < 4.78 is 5.78. The molecule has 0 amide bonds. The monoisotopic (exact) mass is 480 g/mol. The first kappa shape index (κ1) is 24.3. The number of hydrogen-bond acceptors (Lipinski definition) is 8. The van der Waals surface area contributed by atoms with Crippen LogP contribution in [0.2, 0.25) is 0 Å². The molecule has 3 aromatic carbocycles. The molecule has 8 heteroatoms. The minimum absolute atomic E-state index is 0.0519. The second-order valence-corrected chi connectivity index (χ2v) is 9.16. The normalized spacial score (nSPS) is 27.6. The Morgan fingerprint density at radius 3 is 1.85 bits per heavy atom.